The highest BCUT2D eigenvalue weighted by molar-refractivity contribution is 5.69. The maximum atomic E-state index is 10.8. The van der Waals surface area contributed by atoms with Gasteiger partial charge in [0.15, 0.2) is 0 Å². The van der Waals surface area contributed by atoms with E-state index in [2.05, 4.69) is 48.5 Å². The summed E-state index contributed by atoms with van der Waals surface area (Å²) < 4.78 is 5.55. The number of aliphatic carboxylic acids is 1. The van der Waals surface area contributed by atoms with Crippen LogP contribution in [0.25, 0.3) is 0 Å². The van der Waals surface area contributed by atoms with Crippen LogP contribution in [0, 0.1) is 5.92 Å². The Labute approximate surface area is 128 Å². The van der Waals surface area contributed by atoms with E-state index in [0.717, 1.165) is 0 Å². The number of fused-ring (bicyclic) bond motifs is 7. The first-order valence-corrected chi connectivity index (χ1v) is 7.73. The Morgan fingerprint density at radius 3 is 2.50 bits per heavy atom. The number of hydrogen-bond donors (Lipinski definition) is 1. The molecule has 0 amide bonds. The van der Waals surface area contributed by atoms with E-state index in [4.69, 9.17) is 9.84 Å². The minimum atomic E-state index is -0.898. The number of carbonyl (C=O) groups is 1. The van der Waals surface area contributed by atoms with Crippen molar-refractivity contribution in [3.05, 3.63) is 70.8 Å². The van der Waals surface area contributed by atoms with E-state index < -0.39 is 5.97 Å². The molecule has 4 atom stereocenters. The van der Waals surface area contributed by atoms with Gasteiger partial charge in [-0.2, -0.15) is 0 Å². The lowest BCUT2D eigenvalue weighted by atomic mass is 9.91. The van der Waals surface area contributed by atoms with Gasteiger partial charge in [0.05, 0.1) is 6.61 Å². The van der Waals surface area contributed by atoms with Crippen molar-refractivity contribution in [1.29, 1.82) is 0 Å². The highest BCUT2D eigenvalue weighted by Gasteiger charge is 2.76. The molecule has 2 aromatic rings. The van der Waals surface area contributed by atoms with Crippen LogP contribution in [-0.4, -0.2) is 24.3 Å². The van der Waals surface area contributed by atoms with Crippen LogP contribution in [0.3, 0.4) is 0 Å². The molecule has 3 aliphatic rings. The third-order valence-electron chi connectivity index (χ3n) is 5.79. The van der Waals surface area contributed by atoms with Crippen LogP contribution in [0.15, 0.2) is 48.5 Å². The predicted octanol–water partition coefficient (Wildman–Crippen LogP) is 2.90. The molecule has 110 valence electrons. The maximum Gasteiger partial charge on any atom is 0.329 e. The summed E-state index contributed by atoms with van der Waals surface area (Å²) in [4.78, 5) is 10.8. The van der Waals surface area contributed by atoms with Crippen LogP contribution in [0.1, 0.15) is 34.1 Å². The summed E-state index contributed by atoms with van der Waals surface area (Å²) in [5, 5.41) is 8.84. The van der Waals surface area contributed by atoms with Gasteiger partial charge in [-0.15, -0.1) is 0 Å². The third kappa shape index (κ3) is 1.29. The topological polar surface area (TPSA) is 46.5 Å². The fraction of sp³-hybridized carbons (Fsp3) is 0.316. The van der Waals surface area contributed by atoms with E-state index in [1.807, 2.05) is 0 Å². The zero-order chi connectivity index (χ0) is 14.9. The molecule has 0 saturated heterocycles. The van der Waals surface area contributed by atoms with Crippen LogP contribution < -0.4 is 0 Å². The van der Waals surface area contributed by atoms with Crippen molar-refractivity contribution in [1.82, 2.24) is 0 Å². The fourth-order valence-corrected chi connectivity index (χ4v) is 5.17. The molecular formula is C19H16O3. The molecule has 3 aliphatic carbocycles. The third-order valence-corrected chi connectivity index (χ3v) is 5.79. The van der Waals surface area contributed by atoms with Crippen LogP contribution in [0.4, 0.5) is 0 Å². The van der Waals surface area contributed by atoms with E-state index in [-0.39, 0.29) is 12.0 Å². The molecule has 0 spiro atoms. The fourth-order valence-electron chi connectivity index (χ4n) is 5.17. The van der Waals surface area contributed by atoms with Gasteiger partial charge in [-0.1, -0.05) is 48.5 Å². The smallest absolute Gasteiger partial charge is 0.329 e. The molecular weight excluding hydrogens is 276 g/mol. The van der Waals surface area contributed by atoms with Gasteiger partial charge in [0.2, 0.25) is 0 Å². The molecule has 0 aliphatic heterocycles. The minimum Gasteiger partial charge on any atom is -0.480 e. The summed E-state index contributed by atoms with van der Waals surface area (Å²) in [6.45, 7) is 0.298. The number of ether oxygens (including phenoxy) is 1. The van der Waals surface area contributed by atoms with Crippen molar-refractivity contribution < 1.29 is 14.6 Å². The monoisotopic (exact) mass is 292 g/mol. The predicted molar refractivity (Wildman–Crippen MR) is 81.1 cm³/mol. The van der Waals surface area contributed by atoms with E-state index in [1.165, 1.54) is 22.3 Å². The second-order valence-corrected chi connectivity index (χ2v) is 6.62. The molecule has 0 aromatic heterocycles. The first kappa shape index (κ1) is 12.4. The maximum absolute atomic E-state index is 10.8. The SMILES string of the molecule is O=C(O)COCC12c3ccccc3C3c4ccccc4C1C32. The van der Waals surface area contributed by atoms with Crippen molar-refractivity contribution in [2.24, 2.45) is 5.92 Å². The molecule has 5 rings (SSSR count). The number of hydrogen-bond acceptors (Lipinski definition) is 2. The van der Waals surface area contributed by atoms with Crippen molar-refractivity contribution >= 4 is 5.97 Å². The quantitative estimate of drug-likeness (QED) is 0.942. The average molecular weight is 292 g/mol. The van der Waals surface area contributed by atoms with Gasteiger partial charge in [-0.05, 0) is 28.2 Å². The molecule has 0 bridgehead atoms. The lowest BCUT2D eigenvalue weighted by Gasteiger charge is -2.18. The lowest BCUT2D eigenvalue weighted by molar-refractivity contribution is -0.142. The first-order chi connectivity index (χ1) is 10.7. The van der Waals surface area contributed by atoms with Gasteiger partial charge in [-0.25, -0.2) is 4.79 Å². The zero-order valence-electron chi connectivity index (χ0n) is 12.0. The Kier molecular flexibility index (Phi) is 2.25. The standard InChI is InChI=1S/C19H16O3/c20-15(21)9-22-10-19-14-8-4-3-7-13(14)16-11-5-1-2-6-12(11)17(19)18(16)19/h1-8,16-18H,9-10H2,(H,20,21). The Morgan fingerprint density at radius 1 is 1.05 bits per heavy atom. The normalized spacial score (nSPS) is 32.3. The highest BCUT2D eigenvalue weighted by Crippen LogP contribution is 2.81. The van der Waals surface area contributed by atoms with Gasteiger partial charge < -0.3 is 9.84 Å². The van der Waals surface area contributed by atoms with Gasteiger partial charge in [0.1, 0.15) is 6.61 Å². The molecule has 1 saturated carbocycles. The van der Waals surface area contributed by atoms with Crippen LogP contribution >= 0.6 is 0 Å². The number of rotatable bonds is 4. The largest absolute Gasteiger partial charge is 0.480 e. The molecule has 0 radical (unpaired) electrons. The summed E-state index contributed by atoms with van der Waals surface area (Å²) in [5.74, 6) is 0.616. The summed E-state index contributed by atoms with van der Waals surface area (Å²) in [7, 11) is 0. The highest BCUT2D eigenvalue weighted by atomic mass is 16.5. The first-order valence-electron chi connectivity index (χ1n) is 7.73. The minimum absolute atomic E-state index is 0.00502. The Hall–Kier alpha value is -2.13. The van der Waals surface area contributed by atoms with E-state index in [1.54, 1.807) is 0 Å². The molecule has 3 nitrogen and oxygen atoms in total. The van der Waals surface area contributed by atoms with Crippen LogP contribution in [-0.2, 0) is 14.9 Å². The molecule has 2 aromatic carbocycles. The van der Waals surface area contributed by atoms with E-state index in [9.17, 15) is 4.79 Å². The summed E-state index contributed by atoms with van der Waals surface area (Å²) in [6, 6.07) is 17.3. The molecule has 1 N–H and O–H groups in total. The van der Waals surface area contributed by atoms with Crippen molar-refractivity contribution in [3.63, 3.8) is 0 Å². The van der Waals surface area contributed by atoms with Gasteiger partial charge in [-0.3, -0.25) is 0 Å². The number of carboxylic acids is 1. The van der Waals surface area contributed by atoms with Gasteiger partial charge in [0, 0.05) is 17.3 Å². The second kappa shape index (κ2) is 3.99. The van der Waals surface area contributed by atoms with Crippen LogP contribution in [0.2, 0.25) is 0 Å². The lowest BCUT2D eigenvalue weighted by Crippen LogP contribution is -2.21. The molecule has 1 fully saturated rings. The number of carboxylic acid groups (broad SMARTS) is 1. The van der Waals surface area contributed by atoms with E-state index in [0.29, 0.717) is 24.4 Å². The molecule has 3 heteroatoms. The summed E-state index contributed by atoms with van der Waals surface area (Å²) in [5.41, 5.74) is 5.68. The Bertz CT molecular complexity index is 797. The zero-order valence-corrected chi connectivity index (χ0v) is 12.0. The second-order valence-electron chi connectivity index (χ2n) is 6.62. The molecule has 22 heavy (non-hydrogen) atoms. The van der Waals surface area contributed by atoms with Crippen LogP contribution in [0.5, 0.6) is 0 Å². The number of benzene rings is 2. The molecule has 0 heterocycles. The van der Waals surface area contributed by atoms with E-state index >= 15 is 0 Å². The summed E-state index contributed by atoms with van der Waals surface area (Å²) >= 11 is 0. The van der Waals surface area contributed by atoms with Gasteiger partial charge in [0.25, 0.3) is 0 Å². The van der Waals surface area contributed by atoms with Crippen molar-refractivity contribution in [3.8, 4) is 0 Å². The van der Waals surface area contributed by atoms with Gasteiger partial charge >= 0.3 is 5.97 Å². The van der Waals surface area contributed by atoms with Crippen molar-refractivity contribution in [2.75, 3.05) is 13.2 Å². The Balaban J connectivity index is 1.61. The van der Waals surface area contributed by atoms with Crippen molar-refractivity contribution in [2.45, 2.75) is 17.3 Å². The average Bonchev–Trinajstić information content (AvgIpc) is 2.94. The molecule has 4 unspecified atom stereocenters. The Morgan fingerprint density at radius 2 is 1.73 bits per heavy atom. The summed E-state index contributed by atoms with van der Waals surface area (Å²) in [6.07, 6.45) is 0.